The van der Waals surface area contributed by atoms with E-state index in [4.69, 9.17) is 17.5 Å². The van der Waals surface area contributed by atoms with E-state index in [-0.39, 0.29) is 23.0 Å². The number of halogens is 1. The fourth-order valence-corrected chi connectivity index (χ4v) is 3.40. The molecule has 0 unspecified atom stereocenters. The zero-order valence-corrected chi connectivity index (χ0v) is 15.7. The van der Waals surface area contributed by atoms with E-state index in [0.29, 0.717) is 6.42 Å². The summed E-state index contributed by atoms with van der Waals surface area (Å²) in [5.74, 6) is -0.709. The highest BCUT2D eigenvalue weighted by atomic mass is 35.5. The lowest BCUT2D eigenvalue weighted by molar-refractivity contribution is 0.0869. The Morgan fingerprint density at radius 2 is 1.88 bits per heavy atom. The standard InChI is InChI=1S/C17H19ClN4O3S/c1-22(17(19)21-18)16(23)14-8-5-9-15(12-14)26(24,25)20-11-10-13-6-3-2-4-7-13/h2-9,12,20H,10-11H2,1H3,(H2,19,21). The molecule has 9 heteroatoms. The molecule has 0 fully saturated rings. The molecule has 1 amide bonds. The van der Waals surface area contributed by atoms with Crippen LogP contribution in [-0.4, -0.2) is 38.8 Å². The number of rotatable bonds is 6. The quantitative estimate of drug-likeness (QED) is 0.575. The van der Waals surface area contributed by atoms with Gasteiger partial charge in [0.2, 0.25) is 16.0 Å². The van der Waals surface area contributed by atoms with Crippen molar-refractivity contribution < 1.29 is 13.2 Å². The molecule has 0 aromatic heterocycles. The van der Waals surface area contributed by atoms with Crippen molar-refractivity contribution in [2.45, 2.75) is 11.3 Å². The minimum Gasteiger partial charge on any atom is -0.368 e. The van der Waals surface area contributed by atoms with Gasteiger partial charge in [0.1, 0.15) is 0 Å². The fraction of sp³-hybridized carbons (Fsp3) is 0.176. The molecular weight excluding hydrogens is 376 g/mol. The Balaban J connectivity index is 2.11. The molecule has 0 radical (unpaired) electrons. The second-order valence-electron chi connectivity index (χ2n) is 5.47. The van der Waals surface area contributed by atoms with Gasteiger partial charge in [0.05, 0.1) is 4.90 Å². The molecule has 0 aliphatic carbocycles. The van der Waals surface area contributed by atoms with Crippen molar-refractivity contribution >= 4 is 33.7 Å². The predicted octanol–water partition coefficient (Wildman–Crippen LogP) is 1.75. The third-order valence-electron chi connectivity index (χ3n) is 3.67. The largest absolute Gasteiger partial charge is 0.368 e. The van der Waals surface area contributed by atoms with E-state index >= 15 is 0 Å². The molecule has 3 N–H and O–H groups in total. The minimum atomic E-state index is -3.75. The number of carbonyl (C=O) groups is 1. The summed E-state index contributed by atoms with van der Waals surface area (Å²) < 4.78 is 30.7. The van der Waals surface area contributed by atoms with E-state index in [1.807, 2.05) is 30.3 Å². The number of nitrogens with zero attached hydrogens (tertiary/aromatic N) is 2. The number of benzene rings is 2. The topological polar surface area (TPSA) is 105 Å². The van der Waals surface area contributed by atoms with Crippen LogP contribution in [0.2, 0.25) is 0 Å². The van der Waals surface area contributed by atoms with Crippen LogP contribution in [0.5, 0.6) is 0 Å². The van der Waals surface area contributed by atoms with Crippen molar-refractivity contribution in [1.29, 1.82) is 0 Å². The Morgan fingerprint density at radius 3 is 2.54 bits per heavy atom. The van der Waals surface area contributed by atoms with E-state index in [2.05, 4.69) is 9.23 Å². The van der Waals surface area contributed by atoms with Crippen molar-refractivity contribution in [3.63, 3.8) is 0 Å². The SMILES string of the molecule is CN(C(=O)c1cccc(S(=O)(=O)NCCc2ccccc2)c1)C(N)=NCl. The zero-order chi connectivity index (χ0) is 19.2. The highest BCUT2D eigenvalue weighted by molar-refractivity contribution is 7.89. The highest BCUT2D eigenvalue weighted by Gasteiger charge is 2.19. The van der Waals surface area contributed by atoms with E-state index in [1.165, 1.54) is 31.3 Å². The highest BCUT2D eigenvalue weighted by Crippen LogP contribution is 2.13. The van der Waals surface area contributed by atoms with Gasteiger partial charge in [0.15, 0.2) is 0 Å². The van der Waals surface area contributed by atoms with E-state index < -0.39 is 15.9 Å². The van der Waals surface area contributed by atoms with Gasteiger partial charge in [0.25, 0.3) is 5.91 Å². The molecule has 138 valence electrons. The van der Waals surface area contributed by atoms with E-state index in [0.717, 1.165) is 10.5 Å². The third-order valence-corrected chi connectivity index (χ3v) is 5.31. The fourth-order valence-electron chi connectivity index (χ4n) is 2.21. The third kappa shape index (κ3) is 5.04. The Bertz CT molecular complexity index is 901. The van der Waals surface area contributed by atoms with Crippen molar-refractivity contribution in [1.82, 2.24) is 9.62 Å². The van der Waals surface area contributed by atoms with Gasteiger partial charge in [-0.1, -0.05) is 36.4 Å². The number of guanidine groups is 1. The lowest BCUT2D eigenvalue weighted by Crippen LogP contribution is -2.38. The molecule has 2 aromatic rings. The minimum absolute atomic E-state index is 0.00815. The van der Waals surface area contributed by atoms with Gasteiger partial charge in [-0.15, -0.1) is 4.51 Å². The first-order valence-corrected chi connectivity index (χ1v) is 9.53. The molecule has 2 rings (SSSR count). The molecule has 0 saturated carbocycles. The normalized spacial score (nSPS) is 12.0. The van der Waals surface area contributed by atoms with Crippen LogP contribution in [0, 0.1) is 0 Å². The zero-order valence-electron chi connectivity index (χ0n) is 14.1. The first kappa shape index (κ1) is 19.9. The second-order valence-corrected chi connectivity index (χ2v) is 7.40. The number of carbonyl (C=O) groups excluding carboxylic acids is 1. The molecule has 0 aliphatic rings. The van der Waals surface area contributed by atoms with Gasteiger partial charge in [-0.25, -0.2) is 13.1 Å². The number of hydrogen-bond donors (Lipinski definition) is 2. The van der Waals surface area contributed by atoms with Crippen LogP contribution in [0.15, 0.2) is 64.0 Å². The van der Waals surface area contributed by atoms with Gasteiger partial charge in [-0.3, -0.25) is 9.69 Å². The average Bonchev–Trinajstić information content (AvgIpc) is 2.67. The Hall–Kier alpha value is -2.42. The number of sulfonamides is 1. The maximum Gasteiger partial charge on any atom is 0.260 e. The van der Waals surface area contributed by atoms with Crippen molar-refractivity contribution in [2.75, 3.05) is 13.6 Å². The van der Waals surface area contributed by atoms with Crippen LogP contribution in [0.4, 0.5) is 0 Å². The predicted molar refractivity (Wildman–Crippen MR) is 101 cm³/mol. The van der Waals surface area contributed by atoms with Gasteiger partial charge >= 0.3 is 0 Å². The average molecular weight is 395 g/mol. The van der Waals surface area contributed by atoms with Crippen molar-refractivity contribution in [2.24, 2.45) is 10.2 Å². The summed E-state index contributed by atoms with van der Waals surface area (Å²) >= 11 is 5.25. The lowest BCUT2D eigenvalue weighted by Gasteiger charge is -2.15. The van der Waals surface area contributed by atoms with E-state index in [1.54, 1.807) is 0 Å². The molecule has 0 spiro atoms. The van der Waals surface area contributed by atoms with Crippen LogP contribution >= 0.6 is 11.8 Å². The maximum absolute atomic E-state index is 12.5. The van der Waals surface area contributed by atoms with Crippen molar-refractivity contribution in [3.8, 4) is 0 Å². The Labute approximate surface area is 157 Å². The van der Waals surface area contributed by atoms with Gasteiger partial charge < -0.3 is 5.73 Å². The number of amides is 1. The lowest BCUT2D eigenvalue weighted by atomic mass is 10.2. The molecule has 0 aliphatic heterocycles. The maximum atomic E-state index is 12.5. The first-order chi connectivity index (χ1) is 12.3. The van der Waals surface area contributed by atoms with Crippen LogP contribution < -0.4 is 10.5 Å². The number of nitrogens with one attached hydrogen (secondary N) is 1. The monoisotopic (exact) mass is 394 g/mol. The van der Waals surface area contributed by atoms with Crippen LogP contribution in [0.3, 0.4) is 0 Å². The summed E-state index contributed by atoms with van der Waals surface area (Å²) in [7, 11) is -2.35. The summed E-state index contributed by atoms with van der Waals surface area (Å²) in [6.07, 6.45) is 0.560. The summed E-state index contributed by atoms with van der Waals surface area (Å²) in [4.78, 5) is 13.3. The molecule has 0 atom stereocenters. The molecule has 26 heavy (non-hydrogen) atoms. The van der Waals surface area contributed by atoms with E-state index in [9.17, 15) is 13.2 Å². The molecule has 0 saturated heterocycles. The van der Waals surface area contributed by atoms with Crippen molar-refractivity contribution in [3.05, 3.63) is 65.7 Å². The second kappa shape index (κ2) is 8.79. The van der Waals surface area contributed by atoms with Gasteiger partial charge in [-0.2, -0.15) is 0 Å². The van der Waals surface area contributed by atoms with Gasteiger partial charge in [-0.05, 0) is 30.2 Å². The summed E-state index contributed by atoms with van der Waals surface area (Å²) in [6, 6.07) is 15.2. The smallest absolute Gasteiger partial charge is 0.260 e. The van der Waals surface area contributed by atoms with Gasteiger partial charge in [0, 0.05) is 30.9 Å². The Morgan fingerprint density at radius 1 is 1.19 bits per heavy atom. The molecule has 0 heterocycles. The summed E-state index contributed by atoms with van der Waals surface area (Å²) in [5, 5.41) is 0. The first-order valence-electron chi connectivity index (χ1n) is 7.71. The molecule has 7 nitrogen and oxygen atoms in total. The van der Waals surface area contributed by atoms with Crippen LogP contribution in [0.1, 0.15) is 15.9 Å². The van der Waals surface area contributed by atoms with Crippen LogP contribution in [0.25, 0.3) is 0 Å². The number of nitrogens with two attached hydrogens (primary N) is 1. The molecular formula is C17H19ClN4O3S. The Kier molecular flexibility index (Phi) is 6.73. The summed E-state index contributed by atoms with van der Waals surface area (Å²) in [5.41, 5.74) is 6.67. The summed E-state index contributed by atoms with van der Waals surface area (Å²) in [6.45, 7) is 0.246. The number of hydrogen-bond acceptors (Lipinski definition) is 4. The molecule has 0 bridgehead atoms. The van der Waals surface area contributed by atoms with Crippen LogP contribution in [-0.2, 0) is 16.4 Å². The molecule has 2 aromatic carbocycles.